The number of alkyl halides is 1. The molecule has 3 aromatic carbocycles. The summed E-state index contributed by atoms with van der Waals surface area (Å²) < 4.78 is 33.2. The predicted molar refractivity (Wildman–Crippen MR) is 115 cm³/mol. The summed E-state index contributed by atoms with van der Waals surface area (Å²) in [6.07, 6.45) is 0. The van der Waals surface area contributed by atoms with Crippen molar-refractivity contribution < 1.29 is 13.2 Å². The number of rotatable bonds is 7. The summed E-state index contributed by atoms with van der Waals surface area (Å²) in [4.78, 5) is 0.151. The fraction of sp³-hybridized carbons (Fsp3) is 0.136. The van der Waals surface area contributed by atoms with Crippen LogP contribution in [0.2, 0.25) is 0 Å². The van der Waals surface area contributed by atoms with Crippen molar-refractivity contribution in [3.05, 3.63) is 78.4 Å². The normalized spacial score (nSPS) is 10.9. The summed E-state index contributed by atoms with van der Waals surface area (Å²) in [5.74, 6) is 0.711. The highest BCUT2D eigenvalue weighted by atomic mass is 35.5. The maximum absolute atomic E-state index is 13.4. The van der Waals surface area contributed by atoms with Crippen LogP contribution in [-0.2, 0) is 10.0 Å². The molecule has 0 bridgehead atoms. The van der Waals surface area contributed by atoms with Crippen molar-refractivity contribution in [2.75, 3.05) is 23.8 Å². The number of hydrogen-bond acceptors (Lipinski definition) is 4. The highest BCUT2D eigenvalue weighted by molar-refractivity contribution is 7.92. The molecule has 3 aromatic rings. The topological polar surface area (TPSA) is 70.4 Å². The number of ether oxygens (including phenoxy) is 1. The first-order valence-corrected chi connectivity index (χ1v) is 10.8. The number of benzene rings is 3. The van der Waals surface area contributed by atoms with Gasteiger partial charge in [0.1, 0.15) is 5.75 Å². The third-order valence-electron chi connectivity index (χ3n) is 4.43. The van der Waals surface area contributed by atoms with Gasteiger partial charge in [-0.25, -0.2) is 8.42 Å². The van der Waals surface area contributed by atoms with Crippen LogP contribution < -0.4 is 9.04 Å². The van der Waals surface area contributed by atoms with Gasteiger partial charge in [0.25, 0.3) is 10.0 Å². The van der Waals surface area contributed by atoms with Crippen molar-refractivity contribution in [3.63, 3.8) is 0 Å². The SMILES string of the molecule is COc1ccc(S(=O)(=O)N(CCCl)c2ccccc2-c2ccc(C#N)cc2)cc1. The Morgan fingerprint density at radius 2 is 1.66 bits per heavy atom. The second-order valence-corrected chi connectivity index (χ2v) is 8.39. The number of nitrogens with zero attached hydrogens (tertiary/aromatic N) is 2. The van der Waals surface area contributed by atoms with E-state index >= 15 is 0 Å². The first-order valence-electron chi connectivity index (χ1n) is 8.83. The smallest absolute Gasteiger partial charge is 0.264 e. The summed E-state index contributed by atoms with van der Waals surface area (Å²) in [5.41, 5.74) is 2.60. The van der Waals surface area contributed by atoms with Gasteiger partial charge >= 0.3 is 0 Å². The van der Waals surface area contributed by atoms with Crippen LogP contribution in [0.3, 0.4) is 0 Å². The van der Waals surface area contributed by atoms with Crippen molar-refractivity contribution in [1.82, 2.24) is 0 Å². The molecule has 0 aliphatic heterocycles. The Morgan fingerprint density at radius 3 is 2.24 bits per heavy atom. The van der Waals surface area contributed by atoms with Crippen LogP contribution in [0.4, 0.5) is 5.69 Å². The number of hydrogen-bond donors (Lipinski definition) is 0. The van der Waals surface area contributed by atoms with E-state index in [0.29, 0.717) is 17.0 Å². The van der Waals surface area contributed by atoms with E-state index in [0.717, 1.165) is 11.1 Å². The molecule has 0 saturated carbocycles. The maximum atomic E-state index is 13.4. The Labute approximate surface area is 175 Å². The molecule has 7 heteroatoms. The van der Waals surface area contributed by atoms with Crippen LogP contribution in [0.15, 0.2) is 77.7 Å². The predicted octanol–water partition coefficient (Wildman–Crippen LogP) is 4.67. The number of sulfonamides is 1. The first kappa shape index (κ1) is 20.7. The number of halogens is 1. The molecule has 0 atom stereocenters. The standard InChI is InChI=1S/C22H19ClN2O3S/c1-28-19-10-12-20(13-11-19)29(26,27)25(15-14-23)22-5-3-2-4-21(22)18-8-6-17(16-24)7-9-18/h2-13H,14-15H2,1H3. The maximum Gasteiger partial charge on any atom is 0.264 e. The number of methoxy groups -OCH3 is 1. The first-order chi connectivity index (χ1) is 14.0. The lowest BCUT2D eigenvalue weighted by atomic mass is 10.0. The van der Waals surface area contributed by atoms with Gasteiger partial charge in [-0.05, 0) is 48.0 Å². The summed E-state index contributed by atoms with van der Waals surface area (Å²) in [7, 11) is -2.32. The second kappa shape index (κ2) is 8.99. The quantitative estimate of drug-likeness (QED) is 0.515. The van der Waals surface area contributed by atoms with Crippen LogP contribution >= 0.6 is 11.6 Å². The molecule has 0 unspecified atom stereocenters. The summed E-state index contributed by atoms with van der Waals surface area (Å²) in [6.45, 7) is 0.114. The summed E-state index contributed by atoms with van der Waals surface area (Å²) in [5, 5.41) is 9.02. The minimum absolute atomic E-state index is 0.114. The molecular weight excluding hydrogens is 408 g/mol. The third-order valence-corrected chi connectivity index (χ3v) is 6.43. The molecule has 3 rings (SSSR count). The molecule has 0 spiro atoms. The molecule has 0 saturated heterocycles. The highest BCUT2D eigenvalue weighted by Gasteiger charge is 2.26. The van der Waals surface area contributed by atoms with Crippen molar-refractivity contribution in [2.24, 2.45) is 0 Å². The van der Waals surface area contributed by atoms with E-state index in [2.05, 4.69) is 6.07 Å². The molecule has 29 heavy (non-hydrogen) atoms. The molecule has 0 amide bonds. The van der Waals surface area contributed by atoms with E-state index in [9.17, 15) is 8.42 Å². The van der Waals surface area contributed by atoms with E-state index in [1.807, 2.05) is 12.1 Å². The molecule has 5 nitrogen and oxygen atoms in total. The monoisotopic (exact) mass is 426 g/mol. The minimum atomic E-state index is -3.84. The molecule has 0 radical (unpaired) electrons. The molecule has 148 valence electrons. The largest absolute Gasteiger partial charge is 0.497 e. The molecule has 0 heterocycles. The van der Waals surface area contributed by atoms with E-state index in [1.54, 1.807) is 48.5 Å². The van der Waals surface area contributed by atoms with E-state index in [-0.39, 0.29) is 17.3 Å². The lowest BCUT2D eigenvalue weighted by Gasteiger charge is -2.26. The van der Waals surface area contributed by atoms with E-state index in [1.165, 1.54) is 23.5 Å². The zero-order valence-corrected chi connectivity index (χ0v) is 17.3. The van der Waals surface area contributed by atoms with Gasteiger partial charge < -0.3 is 4.74 Å². The Balaban J connectivity index is 2.10. The van der Waals surface area contributed by atoms with Gasteiger partial charge in [0.2, 0.25) is 0 Å². The zero-order chi connectivity index (χ0) is 20.9. The van der Waals surface area contributed by atoms with Crippen LogP contribution in [0, 0.1) is 11.3 Å². The van der Waals surface area contributed by atoms with Gasteiger partial charge in [0.05, 0.1) is 29.3 Å². The molecule has 0 aliphatic rings. The van der Waals surface area contributed by atoms with Crippen molar-refractivity contribution in [3.8, 4) is 22.9 Å². The molecule has 0 fully saturated rings. The minimum Gasteiger partial charge on any atom is -0.497 e. The van der Waals surface area contributed by atoms with Crippen molar-refractivity contribution in [1.29, 1.82) is 5.26 Å². The van der Waals surface area contributed by atoms with E-state index < -0.39 is 10.0 Å². The van der Waals surface area contributed by atoms with Crippen LogP contribution in [0.1, 0.15) is 5.56 Å². The lowest BCUT2D eigenvalue weighted by Crippen LogP contribution is -2.33. The molecule has 0 aromatic heterocycles. The Hall–Kier alpha value is -3.01. The number of anilines is 1. The lowest BCUT2D eigenvalue weighted by molar-refractivity contribution is 0.414. The highest BCUT2D eigenvalue weighted by Crippen LogP contribution is 2.34. The third kappa shape index (κ3) is 4.37. The summed E-state index contributed by atoms with van der Waals surface area (Å²) >= 11 is 5.96. The van der Waals surface area contributed by atoms with Gasteiger partial charge in [-0.2, -0.15) is 5.26 Å². The average Bonchev–Trinajstić information content (AvgIpc) is 2.77. The fourth-order valence-corrected chi connectivity index (χ4v) is 4.73. The Morgan fingerprint density at radius 1 is 1.00 bits per heavy atom. The van der Waals surface area contributed by atoms with E-state index in [4.69, 9.17) is 21.6 Å². The summed E-state index contributed by atoms with van der Waals surface area (Å²) in [6, 6.07) is 22.6. The van der Waals surface area contributed by atoms with Gasteiger partial charge in [-0.1, -0.05) is 30.3 Å². The number of nitriles is 1. The van der Waals surface area contributed by atoms with Crippen molar-refractivity contribution in [2.45, 2.75) is 4.90 Å². The Bertz CT molecular complexity index is 1120. The molecular formula is C22H19ClN2O3S. The molecule has 0 aliphatic carbocycles. The molecule has 0 N–H and O–H groups in total. The van der Waals surface area contributed by atoms with Crippen LogP contribution in [0.25, 0.3) is 11.1 Å². The zero-order valence-electron chi connectivity index (χ0n) is 15.7. The Kier molecular flexibility index (Phi) is 6.42. The van der Waals surface area contributed by atoms with Crippen molar-refractivity contribution >= 4 is 27.3 Å². The van der Waals surface area contributed by atoms with Gasteiger partial charge in [-0.3, -0.25) is 4.31 Å². The van der Waals surface area contributed by atoms with Crippen LogP contribution in [-0.4, -0.2) is 28.0 Å². The van der Waals surface area contributed by atoms with Gasteiger partial charge in [0, 0.05) is 18.0 Å². The average molecular weight is 427 g/mol. The van der Waals surface area contributed by atoms with Crippen LogP contribution in [0.5, 0.6) is 5.75 Å². The van der Waals surface area contributed by atoms with Gasteiger partial charge in [-0.15, -0.1) is 11.6 Å². The van der Waals surface area contributed by atoms with Gasteiger partial charge in [0.15, 0.2) is 0 Å². The number of para-hydroxylation sites is 1. The second-order valence-electron chi connectivity index (χ2n) is 6.15. The fourth-order valence-electron chi connectivity index (χ4n) is 2.98.